The Balaban J connectivity index is 2.89. The number of hydrogen-bond acceptors (Lipinski definition) is 4. The molecule has 5 heteroatoms. The van der Waals surface area contributed by atoms with Gasteiger partial charge in [0.1, 0.15) is 0 Å². The Morgan fingerprint density at radius 1 is 1.29 bits per heavy atom. The summed E-state index contributed by atoms with van der Waals surface area (Å²) in [6.07, 6.45) is 2.09. The summed E-state index contributed by atoms with van der Waals surface area (Å²) in [5.74, 6) is -1.30. The molecule has 1 N–H and O–H groups in total. The van der Waals surface area contributed by atoms with Crippen LogP contribution in [0.2, 0.25) is 0 Å². The summed E-state index contributed by atoms with van der Waals surface area (Å²) in [6, 6.07) is 0. The van der Waals surface area contributed by atoms with E-state index in [9.17, 15) is 14.4 Å². The molecule has 0 spiro atoms. The first-order valence-corrected chi connectivity index (χ1v) is 3.88. The number of rotatable bonds is 2. The van der Waals surface area contributed by atoms with Crippen LogP contribution in [-0.2, 0) is 19.1 Å². The molecule has 0 saturated carbocycles. The molecule has 1 aliphatic carbocycles. The summed E-state index contributed by atoms with van der Waals surface area (Å²) < 4.78 is 4.66. The van der Waals surface area contributed by atoms with Crippen LogP contribution in [-0.4, -0.2) is 24.6 Å². The quantitative estimate of drug-likeness (QED) is 0.613. The van der Waals surface area contributed by atoms with Crippen LogP contribution in [0.5, 0.6) is 0 Å². The minimum atomic E-state index is -0.448. The van der Waals surface area contributed by atoms with Gasteiger partial charge in [0.25, 0.3) is 0 Å². The molecule has 1 aliphatic rings. The van der Waals surface area contributed by atoms with Crippen molar-refractivity contribution in [2.75, 3.05) is 7.11 Å². The summed E-state index contributed by atoms with van der Waals surface area (Å²) in [7, 11) is 1.30. The van der Waals surface area contributed by atoms with Gasteiger partial charge in [0.15, 0.2) is 5.76 Å². The minimum Gasteiger partial charge on any atom is -0.493 e. The second kappa shape index (κ2) is 3.87. The summed E-state index contributed by atoms with van der Waals surface area (Å²) in [5, 5.41) is 2.26. The maximum atomic E-state index is 11.3. The second-order valence-corrected chi connectivity index (χ2v) is 2.68. The number of ketones is 2. The van der Waals surface area contributed by atoms with Gasteiger partial charge >= 0.3 is 0 Å². The van der Waals surface area contributed by atoms with Crippen LogP contribution in [0, 0.1) is 0 Å². The first kappa shape index (κ1) is 10.2. The number of allylic oxidation sites excluding steroid dienone is 2. The van der Waals surface area contributed by atoms with Crippen molar-refractivity contribution in [3.8, 4) is 0 Å². The van der Waals surface area contributed by atoms with E-state index in [2.05, 4.69) is 10.1 Å². The fraction of sp³-hybridized carbons (Fsp3) is 0.222. The fourth-order valence-corrected chi connectivity index (χ4v) is 0.988. The van der Waals surface area contributed by atoms with E-state index in [4.69, 9.17) is 0 Å². The third-order valence-corrected chi connectivity index (χ3v) is 1.58. The Bertz CT molecular complexity index is 365. The van der Waals surface area contributed by atoms with Gasteiger partial charge in [0, 0.05) is 19.1 Å². The maximum absolute atomic E-state index is 11.3. The molecule has 0 aliphatic heterocycles. The molecule has 0 atom stereocenters. The van der Waals surface area contributed by atoms with Gasteiger partial charge in [-0.15, -0.1) is 0 Å². The minimum absolute atomic E-state index is 0.0240. The van der Waals surface area contributed by atoms with Crippen molar-refractivity contribution < 1.29 is 19.1 Å². The Kier molecular flexibility index (Phi) is 2.81. The van der Waals surface area contributed by atoms with E-state index >= 15 is 0 Å². The topological polar surface area (TPSA) is 72.5 Å². The van der Waals surface area contributed by atoms with Crippen LogP contribution in [0.25, 0.3) is 0 Å². The van der Waals surface area contributed by atoms with Crippen molar-refractivity contribution in [3.05, 3.63) is 23.6 Å². The highest BCUT2D eigenvalue weighted by Crippen LogP contribution is 2.09. The molecule has 0 aromatic carbocycles. The monoisotopic (exact) mass is 195 g/mol. The van der Waals surface area contributed by atoms with Gasteiger partial charge in [0.2, 0.25) is 17.5 Å². The van der Waals surface area contributed by atoms with Crippen molar-refractivity contribution in [1.82, 2.24) is 5.32 Å². The molecule has 0 aromatic rings. The van der Waals surface area contributed by atoms with Gasteiger partial charge in [-0.05, 0) is 0 Å². The molecule has 1 amide bonds. The van der Waals surface area contributed by atoms with Crippen molar-refractivity contribution in [3.63, 3.8) is 0 Å². The molecule has 0 unspecified atom stereocenters. The number of hydrogen-bond donors (Lipinski definition) is 1. The highest BCUT2D eigenvalue weighted by molar-refractivity contribution is 6.19. The van der Waals surface area contributed by atoms with Crippen LogP contribution in [0.1, 0.15) is 6.92 Å². The molecule has 0 heterocycles. The van der Waals surface area contributed by atoms with E-state index in [0.717, 1.165) is 12.2 Å². The predicted molar refractivity (Wildman–Crippen MR) is 47.0 cm³/mol. The smallest absolute Gasteiger partial charge is 0.222 e. The van der Waals surface area contributed by atoms with Crippen molar-refractivity contribution >= 4 is 17.5 Å². The first-order valence-electron chi connectivity index (χ1n) is 3.88. The van der Waals surface area contributed by atoms with Crippen LogP contribution in [0.4, 0.5) is 0 Å². The number of carbonyl (C=O) groups excluding carboxylic acids is 3. The van der Waals surface area contributed by atoms with Gasteiger partial charge in [-0.2, -0.15) is 0 Å². The van der Waals surface area contributed by atoms with Crippen molar-refractivity contribution in [1.29, 1.82) is 0 Å². The molecule has 0 bridgehead atoms. The standard InChI is InChI=1S/C9H9NO4/c1-5(11)10-6-3-8(13)9(14-2)4-7(6)12/h3-4H,1-2H3,(H,10,11). The molecule has 0 radical (unpaired) electrons. The lowest BCUT2D eigenvalue weighted by atomic mass is 10.1. The zero-order valence-corrected chi connectivity index (χ0v) is 7.79. The molecule has 5 nitrogen and oxygen atoms in total. The molecule has 0 fully saturated rings. The van der Waals surface area contributed by atoms with E-state index in [-0.39, 0.29) is 11.5 Å². The number of methoxy groups -OCH3 is 1. The SMILES string of the molecule is COC1=CC(=O)C(NC(C)=O)=CC1=O. The highest BCUT2D eigenvalue weighted by Gasteiger charge is 2.21. The summed E-state index contributed by atoms with van der Waals surface area (Å²) in [5.41, 5.74) is -0.0247. The van der Waals surface area contributed by atoms with Crippen LogP contribution < -0.4 is 5.32 Å². The lowest BCUT2D eigenvalue weighted by molar-refractivity contribution is -0.121. The summed E-state index contributed by atoms with van der Waals surface area (Å²) >= 11 is 0. The summed E-state index contributed by atoms with van der Waals surface area (Å²) in [4.78, 5) is 33.1. The van der Waals surface area contributed by atoms with E-state index < -0.39 is 17.5 Å². The normalized spacial score (nSPS) is 15.9. The Morgan fingerprint density at radius 3 is 2.43 bits per heavy atom. The molecule has 0 saturated heterocycles. The second-order valence-electron chi connectivity index (χ2n) is 2.68. The first-order chi connectivity index (χ1) is 6.54. The van der Waals surface area contributed by atoms with E-state index in [1.54, 1.807) is 0 Å². The number of amides is 1. The lowest BCUT2D eigenvalue weighted by Crippen LogP contribution is -2.28. The average molecular weight is 195 g/mol. The summed E-state index contributed by atoms with van der Waals surface area (Å²) in [6.45, 7) is 1.26. The van der Waals surface area contributed by atoms with E-state index in [1.165, 1.54) is 14.0 Å². The van der Waals surface area contributed by atoms with Gasteiger partial charge < -0.3 is 10.1 Å². The number of ether oxygens (including phenoxy) is 1. The van der Waals surface area contributed by atoms with Crippen LogP contribution in [0.15, 0.2) is 23.6 Å². The maximum Gasteiger partial charge on any atom is 0.222 e. The largest absolute Gasteiger partial charge is 0.493 e. The Labute approximate surface area is 80.4 Å². The molecular formula is C9H9NO4. The number of carbonyl (C=O) groups is 3. The molecule has 1 rings (SSSR count). The van der Waals surface area contributed by atoms with E-state index in [0.29, 0.717) is 0 Å². The van der Waals surface area contributed by atoms with Crippen LogP contribution >= 0.6 is 0 Å². The van der Waals surface area contributed by atoms with Gasteiger partial charge in [-0.1, -0.05) is 0 Å². The predicted octanol–water partition coefficient (Wildman–Crippen LogP) is -0.312. The van der Waals surface area contributed by atoms with Gasteiger partial charge in [-0.25, -0.2) is 0 Å². The Morgan fingerprint density at radius 2 is 1.93 bits per heavy atom. The lowest BCUT2D eigenvalue weighted by Gasteiger charge is -2.10. The molecule has 74 valence electrons. The third-order valence-electron chi connectivity index (χ3n) is 1.58. The molecule has 14 heavy (non-hydrogen) atoms. The fourth-order valence-electron chi connectivity index (χ4n) is 0.988. The number of nitrogens with one attached hydrogen (secondary N) is 1. The zero-order chi connectivity index (χ0) is 10.7. The van der Waals surface area contributed by atoms with Gasteiger partial charge in [0.05, 0.1) is 12.8 Å². The molecule has 0 aromatic heterocycles. The third kappa shape index (κ3) is 2.07. The zero-order valence-electron chi connectivity index (χ0n) is 7.79. The Hall–Kier alpha value is -1.91. The van der Waals surface area contributed by atoms with Crippen molar-refractivity contribution in [2.24, 2.45) is 0 Å². The average Bonchev–Trinajstić information content (AvgIpc) is 2.10. The van der Waals surface area contributed by atoms with Crippen LogP contribution in [0.3, 0.4) is 0 Å². The van der Waals surface area contributed by atoms with Crippen molar-refractivity contribution in [2.45, 2.75) is 6.92 Å². The van der Waals surface area contributed by atoms with E-state index in [1.807, 2.05) is 0 Å². The highest BCUT2D eigenvalue weighted by atomic mass is 16.5. The van der Waals surface area contributed by atoms with Gasteiger partial charge in [-0.3, -0.25) is 14.4 Å². The molecular weight excluding hydrogens is 186 g/mol.